The maximum Gasteiger partial charge on any atom is 0.136 e. The molecule has 0 N–H and O–H groups in total. The number of hydrogen-bond donors (Lipinski definition) is 0. The van der Waals surface area contributed by atoms with Gasteiger partial charge in [-0.2, -0.15) is 0 Å². The van der Waals surface area contributed by atoms with Crippen LogP contribution >= 0.6 is 0 Å². The Bertz CT molecular complexity index is 188. The summed E-state index contributed by atoms with van der Waals surface area (Å²) < 4.78 is 0. The lowest BCUT2D eigenvalue weighted by Crippen LogP contribution is -2.33. The van der Waals surface area contributed by atoms with Crippen LogP contribution in [-0.2, 0) is 4.79 Å². The van der Waals surface area contributed by atoms with E-state index in [0.29, 0.717) is 17.6 Å². The zero-order valence-corrected chi connectivity index (χ0v) is 9.39. The van der Waals surface area contributed by atoms with Crippen molar-refractivity contribution in [2.75, 3.05) is 0 Å². The van der Waals surface area contributed by atoms with E-state index in [4.69, 9.17) is 0 Å². The first kappa shape index (κ1) is 10.7. The summed E-state index contributed by atoms with van der Waals surface area (Å²) in [5.41, 5.74) is 0.176. The van der Waals surface area contributed by atoms with Crippen LogP contribution in [0.25, 0.3) is 0 Å². The van der Waals surface area contributed by atoms with E-state index < -0.39 is 0 Å². The van der Waals surface area contributed by atoms with Crippen molar-refractivity contribution >= 4 is 5.78 Å². The Hall–Kier alpha value is -0.330. The van der Waals surface area contributed by atoms with Crippen LogP contribution in [0.1, 0.15) is 53.4 Å². The molecule has 0 spiro atoms. The van der Waals surface area contributed by atoms with Crippen molar-refractivity contribution in [1.29, 1.82) is 0 Å². The normalized spacial score (nSPS) is 30.6. The van der Waals surface area contributed by atoms with Gasteiger partial charge in [-0.15, -0.1) is 0 Å². The molecule has 0 aromatic carbocycles. The van der Waals surface area contributed by atoms with E-state index in [0.717, 1.165) is 12.8 Å². The second kappa shape index (κ2) is 3.81. The summed E-state index contributed by atoms with van der Waals surface area (Å²) >= 11 is 0. The fourth-order valence-corrected chi connectivity index (χ4v) is 2.36. The van der Waals surface area contributed by atoms with Gasteiger partial charge in [0.25, 0.3) is 0 Å². The maximum atomic E-state index is 11.8. The molecule has 0 saturated heterocycles. The van der Waals surface area contributed by atoms with E-state index in [-0.39, 0.29) is 5.41 Å². The minimum absolute atomic E-state index is 0.176. The molecule has 0 heterocycles. The molecule has 13 heavy (non-hydrogen) atoms. The number of rotatable bonds is 1. The van der Waals surface area contributed by atoms with Gasteiger partial charge in [-0.25, -0.2) is 0 Å². The summed E-state index contributed by atoms with van der Waals surface area (Å²) in [4.78, 5) is 11.8. The quantitative estimate of drug-likeness (QED) is 0.607. The van der Waals surface area contributed by atoms with Gasteiger partial charge in [-0.3, -0.25) is 4.79 Å². The standard InChI is InChI=1S/C12H22O/c1-5-9-6-7-10(11(13)8-9)12(2,3)4/h9-10H,5-8H2,1-4H3/t9-,10-/m0/s1. The molecule has 1 fully saturated rings. The Balaban J connectivity index is 2.59. The number of hydrogen-bond acceptors (Lipinski definition) is 1. The van der Waals surface area contributed by atoms with Gasteiger partial charge in [0.2, 0.25) is 0 Å². The van der Waals surface area contributed by atoms with Gasteiger partial charge in [0.1, 0.15) is 5.78 Å². The summed E-state index contributed by atoms with van der Waals surface area (Å²) in [6, 6.07) is 0. The van der Waals surface area contributed by atoms with Crippen LogP contribution < -0.4 is 0 Å². The molecule has 1 aliphatic rings. The van der Waals surface area contributed by atoms with E-state index in [2.05, 4.69) is 27.7 Å². The first-order chi connectivity index (χ1) is 5.95. The van der Waals surface area contributed by atoms with E-state index in [1.165, 1.54) is 12.8 Å². The second-order valence-corrected chi connectivity index (χ2v) is 5.44. The van der Waals surface area contributed by atoms with E-state index in [9.17, 15) is 4.79 Å². The number of Topliss-reactive ketones (excluding diaryl/α,β-unsaturated/α-hetero) is 1. The second-order valence-electron chi connectivity index (χ2n) is 5.44. The summed E-state index contributed by atoms with van der Waals surface area (Å²) in [5.74, 6) is 1.49. The van der Waals surface area contributed by atoms with Crippen LogP contribution in [0.5, 0.6) is 0 Å². The van der Waals surface area contributed by atoms with Crippen LogP contribution in [0, 0.1) is 17.3 Å². The lowest BCUT2D eigenvalue weighted by molar-refractivity contribution is -0.129. The van der Waals surface area contributed by atoms with Crippen LogP contribution in [-0.4, -0.2) is 5.78 Å². The summed E-state index contributed by atoms with van der Waals surface area (Å²) in [7, 11) is 0. The number of carbonyl (C=O) groups is 1. The fraction of sp³-hybridized carbons (Fsp3) is 0.917. The molecule has 0 unspecified atom stereocenters. The Labute approximate surface area is 81.9 Å². The highest BCUT2D eigenvalue weighted by atomic mass is 16.1. The molecule has 0 radical (unpaired) electrons. The smallest absolute Gasteiger partial charge is 0.136 e. The van der Waals surface area contributed by atoms with Crippen molar-refractivity contribution in [3.63, 3.8) is 0 Å². The van der Waals surface area contributed by atoms with E-state index in [1.807, 2.05) is 0 Å². The molecule has 76 valence electrons. The van der Waals surface area contributed by atoms with Gasteiger partial charge in [-0.1, -0.05) is 34.1 Å². The van der Waals surface area contributed by atoms with Crippen molar-refractivity contribution in [1.82, 2.24) is 0 Å². The van der Waals surface area contributed by atoms with Crippen LogP contribution in [0.15, 0.2) is 0 Å². The summed E-state index contributed by atoms with van der Waals surface area (Å²) in [6.45, 7) is 8.74. The first-order valence-corrected chi connectivity index (χ1v) is 5.48. The highest BCUT2D eigenvalue weighted by molar-refractivity contribution is 5.82. The van der Waals surface area contributed by atoms with Gasteiger partial charge < -0.3 is 0 Å². The average molecular weight is 182 g/mol. The fourth-order valence-electron chi connectivity index (χ4n) is 2.36. The molecule has 2 atom stereocenters. The first-order valence-electron chi connectivity index (χ1n) is 5.48. The van der Waals surface area contributed by atoms with Crippen molar-refractivity contribution in [2.24, 2.45) is 17.3 Å². The van der Waals surface area contributed by atoms with Crippen molar-refractivity contribution in [3.05, 3.63) is 0 Å². The van der Waals surface area contributed by atoms with Crippen LogP contribution in [0.4, 0.5) is 0 Å². The lowest BCUT2D eigenvalue weighted by Gasteiger charge is -2.35. The predicted molar refractivity (Wildman–Crippen MR) is 55.6 cm³/mol. The molecule has 1 heteroatoms. The molecule has 0 aromatic heterocycles. The number of carbonyl (C=O) groups excluding carboxylic acids is 1. The van der Waals surface area contributed by atoms with Crippen molar-refractivity contribution in [2.45, 2.75) is 53.4 Å². The third-order valence-electron chi connectivity index (χ3n) is 3.36. The molecule has 0 bridgehead atoms. The Morgan fingerprint density at radius 2 is 1.92 bits per heavy atom. The molecule has 0 amide bonds. The summed E-state index contributed by atoms with van der Waals surface area (Å²) in [5, 5.41) is 0. The van der Waals surface area contributed by atoms with Gasteiger partial charge in [0, 0.05) is 12.3 Å². The zero-order chi connectivity index (χ0) is 10.1. The van der Waals surface area contributed by atoms with Crippen molar-refractivity contribution in [3.8, 4) is 0 Å². The van der Waals surface area contributed by atoms with Crippen LogP contribution in [0.3, 0.4) is 0 Å². The van der Waals surface area contributed by atoms with Gasteiger partial charge in [0.05, 0.1) is 0 Å². The Morgan fingerprint density at radius 3 is 2.31 bits per heavy atom. The van der Waals surface area contributed by atoms with Gasteiger partial charge in [0.15, 0.2) is 0 Å². The Morgan fingerprint density at radius 1 is 1.31 bits per heavy atom. The molecule has 0 aromatic rings. The Kier molecular flexibility index (Phi) is 3.15. The molecule has 0 aliphatic heterocycles. The molecule has 1 saturated carbocycles. The third-order valence-corrected chi connectivity index (χ3v) is 3.36. The molecular formula is C12H22O. The number of ketones is 1. The molecular weight excluding hydrogens is 160 g/mol. The highest BCUT2D eigenvalue weighted by Gasteiger charge is 2.35. The molecule has 1 nitrogen and oxygen atoms in total. The zero-order valence-electron chi connectivity index (χ0n) is 9.39. The SMILES string of the molecule is CC[C@H]1CC[C@H](C(C)(C)C)C(=O)C1. The largest absolute Gasteiger partial charge is 0.299 e. The molecule has 1 aliphatic carbocycles. The van der Waals surface area contributed by atoms with Crippen molar-refractivity contribution < 1.29 is 4.79 Å². The van der Waals surface area contributed by atoms with Gasteiger partial charge >= 0.3 is 0 Å². The minimum Gasteiger partial charge on any atom is -0.299 e. The topological polar surface area (TPSA) is 17.1 Å². The van der Waals surface area contributed by atoms with Gasteiger partial charge in [-0.05, 0) is 24.2 Å². The highest BCUT2D eigenvalue weighted by Crippen LogP contribution is 2.38. The van der Waals surface area contributed by atoms with E-state index in [1.54, 1.807) is 0 Å². The monoisotopic (exact) mass is 182 g/mol. The van der Waals surface area contributed by atoms with E-state index >= 15 is 0 Å². The minimum atomic E-state index is 0.176. The molecule has 1 rings (SSSR count). The summed E-state index contributed by atoms with van der Waals surface area (Å²) in [6.07, 6.45) is 4.37. The average Bonchev–Trinajstić information content (AvgIpc) is 2.01. The van der Waals surface area contributed by atoms with Crippen LogP contribution in [0.2, 0.25) is 0 Å². The maximum absolute atomic E-state index is 11.8. The predicted octanol–water partition coefficient (Wildman–Crippen LogP) is 3.43. The third kappa shape index (κ3) is 2.55. The lowest BCUT2D eigenvalue weighted by atomic mass is 9.68.